The molecule has 0 radical (unpaired) electrons. The fourth-order valence-corrected chi connectivity index (χ4v) is 1.87. The van der Waals surface area contributed by atoms with Crippen molar-refractivity contribution in [3.05, 3.63) is 53.6 Å². The van der Waals surface area contributed by atoms with Crippen LogP contribution in [0.5, 0.6) is 0 Å². The lowest BCUT2D eigenvalue weighted by molar-refractivity contribution is -0.159. The molecule has 0 aliphatic heterocycles. The highest BCUT2D eigenvalue weighted by atomic mass is 35.5. The summed E-state index contributed by atoms with van der Waals surface area (Å²) in [5, 5.41) is 19.0. The number of aromatic nitrogens is 2. The Morgan fingerprint density at radius 1 is 1.22 bits per heavy atom. The summed E-state index contributed by atoms with van der Waals surface area (Å²) in [6.45, 7) is 2.79. The Labute approximate surface area is 138 Å². The predicted molar refractivity (Wildman–Crippen MR) is 85.3 cm³/mol. The molecule has 3 N–H and O–H groups in total. The van der Waals surface area contributed by atoms with E-state index >= 15 is 0 Å². The number of aryl methyl sites for hydroxylation is 1. The zero-order valence-electron chi connectivity index (χ0n) is 12.4. The third kappa shape index (κ3) is 7.98. The molecule has 0 saturated heterocycles. The summed E-state index contributed by atoms with van der Waals surface area (Å²) < 4.78 is 2.08. The molecule has 1 aromatic heterocycles. The zero-order valence-corrected chi connectivity index (χ0v) is 13.1. The van der Waals surface area contributed by atoms with Gasteiger partial charge in [-0.1, -0.05) is 29.8 Å². The van der Waals surface area contributed by atoms with Gasteiger partial charge in [0.25, 0.3) is 0 Å². The molecule has 7 nitrogen and oxygen atoms in total. The van der Waals surface area contributed by atoms with Crippen molar-refractivity contribution in [3.63, 3.8) is 0 Å². The molecule has 2 rings (SSSR count). The molecule has 0 spiro atoms. The fraction of sp³-hybridized carbons (Fsp3) is 0.267. The van der Waals surface area contributed by atoms with Crippen LogP contribution in [0.1, 0.15) is 12.0 Å². The van der Waals surface area contributed by atoms with Gasteiger partial charge in [-0.3, -0.25) is 0 Å². The van der Waals surface area contributed by atoms with Gasteiger partial charge in [0.05, 0.1) is 6.33 Å². The minimum absolute atomic E-state index is 0.823. The Morgan fingerprint density at radius 2 is 1.91 bits per heavy atom. The van der Waals surface area contributed by atoms with Crippen molar-refractivity contribution in [2.24, 2.45) is 0 Å². The van der Waals surface area contributed by atoms with E-state index in [2.05, 4.69) is 14.9 Å². The number of nitrogens with one attached hydrogen (secondary N) is 1. The van der Waals surface area contributed by atoms with Gasteiger partial charge in [-0.15, -0.1) is 0 Å². The van der Waals surface area contributed by atoms with E-state index < -0.39 is 11.9 Å². The number of halogens is 1. The number of hydrogen-bond donors (Lipinski definition) is 3. The quantitative estimate of drug-likeness (QED) is 0.548. The lowest BCUT2D eigenvalue weighted by Crippen LogP contribution is -2.16. The van der Waals surface area contributed by atoms with Crippen LogP contribution >= 0.6 is 11.6 Å². The van der Waals surface area contributed by atoms with Crippen LogP contribution < -0.4 is 5.32 Å². The number of carboxylic acids is 2. The number of hydrogen-bond acceptors (Lipinski definition) is 4. The van der Waals surface area contributed by atoms with Gasteiger partial charge >= 0.3 is 11.9 Å². The van der Waals surface area contributed by atoms with Gasteiger partial charge in [-0.05, 0) is 24.6 Å². The molecule has 1 heterocycles. The number of nitrogens with zero attached hydrogens (tertiary/aromatic N) is 2. The molecule has 1 aromatic carbocycles. The van der Waals surface area contributed by atoms with Gasteiger partial charge < -0.3 is 20.1 Å². The maximum Gasteiger partial charge on any atom is 0.414 e. The number of imidazole rings is 1. The van der Waals surface area contributed by atoms with E-state index in [0.29, 0.717) is 0 Å². The van der Waals surface area contributed by atoms with Gasteiger partial charge in [0.15, 0.2) is 0 Å². The highest BCUT2D eigenvalue weighted by Gasteiger charge is 2.04. The van der Waals surface area contributed by atoms with Crippen molar-refractivity contribution in [2.75, 3.05) is 6.54 Å². The molecular weight excluding hydrogens is 322 g/mol. The van der Waals surface area contributed by atoms with Gasteiger partial charge in [-0.2, -0.15) is 0 Å². The maximum absolute atomic E-state index is 9.10. The van der Waals surface area contributed by atoms with Gasteiger partial charge in [0.2, 0.25) is 0 Å². The van der Waals surface area contributed by atoms with Crippen molar-refractivity contribution in [1.29, 1.82) is 0 Å². The van der Waals surface area contributed by atoms with Gasteiger partial charge in [0.1, 0.15) is 0 Å². The van der Waals surface area contributed by atoms with Crippen LogP contribution in [-0.2, 0) is 22.7 Å². The van der Waals surface area contributed by atoms with Crippen LogP contribution in [-0.4, -0.2) is 38.2 Å². The second-order valence-electron chi connectivity index (χ2n) is 4.53. The summed E-state index contributed by atoms with van der Waals surface area (Å²) in [6, 6.07) is 7.93. The number of carboxylic acid groups (broad SMARTS) is 2. The second kappa shape index (κ2) is 10.4. The van der Waals surface area contributed by atoms with Crippen molar-refractivity contribution in [1.82, 2.24) is 14.9 Å². The highest BCUT2D eigenvalue weighted by Crippen LogP contribution is 2.14. The maximum atomic E-state index is 9.10. The first-order valence-electron chi connectivity index (χ1n) is 6.86. The number of aliphatic carboxylic acids is 2. The van der Waals surface area contributed by atoms with Crippen LogP contribution in [0, 0.1) is 0 Å². The molecule has 8 heteroatoms. The lowest BCUT2D eigenvalue weighted by Gasteiger charge is -2.06. The lowest BCUT2D eigenvalue weighted by atomic mass is 10.2. The first-order chi connectivity index (χ1) is 11.0. The fourth-order valence-electron chi connectivity index (χ4n) is 1.67. The molecule has 0 amide bonds. The van der Waals surface area contributed by atoms with E-state index in [1.165, 1.54) is 0 Å². The molecule has 0 aliphatic carbocycles. The molecule has 0 saturated carbocycles. The summed E-state index contributed by atoms with van der Waals surface area (Å²) in [6.07, 6.45) is 6.71. The average Bonchev–Trinajstić information content (AvgIpc) is 3.02. The van der Waals surface area contributed by atoms with Crippen molar-refractivity contribution >= 4 is 23.5 Å². The van der Waals surface area contributed by atoms with E-state index in [1.807, 2.05) is 36.8 Å². The monoisotopic (exact) mass is 339 g/mol. The molecule has 0 aliphatic rings. The summed E-state index contributed by atoms with van der Waals surface area (Å²) in [5.41, 5.74) is 1.15. The van der Waals surface area contributed by atoms with Gasteiger partial charge in [0, 0.05) is 30.5 Å². The van der Waals surface area contributed by atoms with Crippen molar-refractivity contribution < 1.29 is 19.8 Å². The highest BCUT2D eigenvalue weighted by molar-refractivity contribution is 6.31. The summed E-state index contributed by atoms with van der Waals surface area (Å²) >= 11 is 6.07. The first-order valence-corrected chi connectivity index (χ1v) is 7.24. The molecule has 0 bridgehead atoms. The van der Waals surface area contributed by atoms with Crippen LogP contribution in [0.4, 0.5) is 0 Å². The van der Waals surface area contributed by atoms with E-state index in [0.717, 1.165) is 36.6 Å². The van der Waals surface area contributed by atoms with Crippen LogP contribution in [0.3, 0.4) is 0 Å². The molecule has 0 atom stereocenters. The minimum Gasteiger partial charge on any atom is -0.473 e. The zero-order chi connectivity index (χ0) is 17.1. The Kier molecular flexibility index (Phi) is 8.41. The molecule has 23 heavy (non-hydrogen) atoms. The standard InChI is InChI=1S/C13H16ClN3.C2H2O4/c14-13-5-2-1-4-12(13)10-15-6-3-8-17-9-7-16-11-17;3-1(4)2(5)6/h1-2,4-5,7,9,11,15H,3,6,8,10H2;(H,3,4)(H,5,6). The van der Waals surface area contributed by atoms with Crippen LogP contribution in [0.2, 0.25) is 5.02 Å². The smallest absolute Gasteiger partial charge is 0.414 e. The second-order valence-corrected chi connectivity index (χ2v) is 4.94. The largest absolute Gasteiger partial charge is 0.473 e. The third-order valence-corrected chi connectivity index (χ3v) is 3.15. The normalized spacial score (nSPS) is 9.78. The molecule has 2 aromatic rings. The molecule has 124 valence electrons. The molecule has 0 unspecified atom stereocenters. The summed E-state index contributed by atoms with van der Waals surface area (Å²) in [7, 11) is 0. The molecular formula is C15H18ClN3O4. The SMILES string of the molecule is Clc1ccccc1CNCCCn1ccnc1.O=C(O)C(=O)O. The average molecular weight is 340 g/mol. The topological polar surface area (TPSA) is 104 Å². The Hall–Kier alpha value is -2.38. The Morgan fingerprint density at radius 3 is 2.48 bits per heavy atom. The minimum atomic E-state index is -1.82. The number of carbonyl (C=O) groups is 2. The number of rotatable bonds is 6. The first kappa shape index (κ1) is 18.7. The number of benzene rings is 1. The van der Waals surface area contributed by atoms with E-state index in [1.54, 1.807) is 6.20 Å². The van der Waals surface area contributed by atoms with E-state index in [9.17, 15) is 0 Å². The third-order valence-electron chi connectivity index (χ3n) is 2.79. The van der Waals surface area contributed by atoms with E-state index in [-0.39, 0.29) is 0 Å². The van der Waals surface area contributed by atoms with E-state index in [4.69, 9.17) is 31.4 Å². The predicted octanol–water partition coefficient (Wildman–Crippen LogP) is 1.87. The summed E-state index contributed by atoms with van der Waals surface area (Å²) in [5.74, 6) is -3.65. The van der Waals surface area contributed by atoms with Crippen LogP contribution in [0.15, 0.2) is 43.0 Å². The Bertz CT molecular complexity index is 605. The molecule has 0 fully saturated rings. The Balaban J connectivity index is 0.000000379. The summed E-state index contributed by atoms with van der Waals surface area (Å²) in [4.78, 5) is 22.2. The van der Waals surface area contributed by atoms with Crippen LogP contribution in [0.25, 0.3) is 0 Å². The van der Waals surface area contributed by atoms with Crippen molar-refractivity contribution in [3.8, 4) is 0 Å². The van der Waals surface area contributed by atoms with Crippen molar-refractivity contribution in [2.45, 2.75) is 19.5 Å². The van der Waals surface area contributed by atoms with Gasteiger partial charge in [-0.25, -0.2) is 14.6 Å².